The molecule has 0 aromatic carbocycles. The zero-order chi connectivity index (χ0) is 13.8. The second-order valence-electron chi connectivity index (χ2n) is 5.57. The molecule has 0 spiro atoms. The van der Waals surface area contributed by atoms with Gasteiger partial charge in [0.05, 0.1) is 0 Å². The van der Waals surface area contributed by atoms with E-state index in [2.05, 4.69) is 41.2 Å². The minimum atomic E-state index is 0.585. The molecule has 2 rings (SSSR count). The van der Waals surface area contributed by atoms with E-state index >= 15 is 0 Å². The van der Waals surface area contributed by atoms with E-state index in [9.17, 15) is 0 Å². The lowest BCUT2D eigenvalue weighted by molar-refractivity contribution is 0.401. The first kappa shape index (κ1) is 14.1. The van der Waals surface area contributed by atoms with Gasteiger partial charge in [-0.25, -0.2) is 9.97 Å². The number of rotatable bonds is 7. The molecular weight excluding hydrogens is 238 g/mol. The first-order valence-corrected chi connectivity index (χ1v) is 7.02. The first-order valence-electron chi connectivity index (χ1n) is 7.02. The molecule has 0 radical (unpaired) electrons. The average molecular weight is 263 g/mol. The van der Waals surface area contributed by atoms with Gasteiger partial charge in [0.2, 0.25) is 0 Å². The Balaban J connectivity index is 2.02. The summed E-state index contributed by atoms with van der Waals surface area (Å²) < 4.78 is 0. The van der Waals surface area contributed by atoms with Crippen LogP contribution in [-0.4, -0.2) is 56.1 Å². The highest BCUT2D eigenvalue weighted by atomic mass is 15.2. The van der Waals surface area contributed by atoms with Gasteiger partial charge >= 0.3 is 0 Å². The summed E-state index contributed by atoms with van der Waals surface area (Å²) in [5.41, 5.74) is 0. The van der Waals surface area contributed by atoms with Gasteiger partial charge in [-0.15, -0.1) is 0 Å². The van der Waals surface area contributed by atoms with E-state index in [4.69, 9.17) is 4.98 Å². The molecule has 1 heterocycles. The summed E-state index contributed by atoms with van der Waals surface area (Å²) in [6.07, 6.45) is 3.61. The molecular formula is C14H25N5. The zero-order valence-electron chi connectivity index (χ0n) is 12.5. The van der Waals surface area contributed by atoms with Crippen molar-refractivity contribution in [1.82, 2.24) is 14.9 Å². The van der Waals surface area contributed by atoms with Gasteiger partial charge < -0.3 is 15.1 Å². The first-order chi connectivity index (χ1) is 9.10. The van der Waals surface area contributed by atoms with Crippen molar-refractivity contribution in [2.45, 2.75) is 25.2 Å². The fourth-order valence-corrected chi connectivity index (χ4v) is 2.04. The summed E-state index contributed by atoms with van der Waals surface area (Å²) in [6, 6.07) is 2.03. The van der Waals surface area contributed by atoms with E-state index in [1.54, 1.807) is 0 Å². The Labute approximate surface area is 116 Å². The molecule has 1 saturated carbocycles. The molecule has 0 bridgehead atoms. The molecule has 5 heteroatoms. The van der Waals surface area contributed by atoms with E-state index in [1.807, 2.05) is 13.1 Å². The molecule has 1 aliphatic rings. The quantitative estimate of drug-likeness (QED) is 0.812. The Kier molecular flexibility index (Phi) is 4.58. The van der Waals surface area contributed by atoms with Gasteiger partial charge in [-0.2, -0.15) is 0 Å². The van der Waals surface area contributed by atoms with Crippen LogP contribution in [0, 0.1) is 0 Å². The lowest BCUT2D eigenvalue weighted by atomic mass is 10.3. The maximum atomic E-state index is 4.70. The van der Waals surface area contributed by atoms with Crippen LogP contribution in [0.25, 0.3) is 0 Å². The van der Waals surface area contributed by atoms with Crippen LogP contribution < -0.4 is 10.2 Å². The summed E-state index contributed by atoms with van der Waals surface area (Å²) in [5.74, 6) is 3.54. The van der Waals surface area contributed by atoms with Crippen molar-refractivity contribution < 1.29 is 0 Å². The molecule has 1 N–H and O–H groups in total. The Bertz CT molecular complexity index is 414. The van der Waals surface area contributed by atoms with Crippen molar-refractivity contribution in [3.8, 4) is 0 Å². The normalized spacial score (nSPS) is 14.8. The third-order valence-electron chi connectivity index (χ3n) is 3.42. The monoisotopic (exact) mass is 263 g/mol. The standard InChI is InChI=1S/C14H25N5/c1-15-12-10-13(17-14(16-12)11-6-7-11)19(4)9-5-8-18(2)3/h10-11H,5-9H2,1-4H3,(H,15,16,17). The van der Waals surface area contributed by atoms with Gasteiger partial charge in [0.15, 0.2) is 0 Å². The molecule has 19 heavy (non-hydrogen) atoms. The smallest absolute Gasteiger partial charge is 0.136 e. The SMILES string of the molecule is CNc1cc(N(C)CCCN(C)C)nc(C2CC2)n1. The van der Waals surface area contributed by atoms with Gasteiger partial charge in [-0.3, -0.25) is 0 Å². The number of aromatic nitrogens is 2. The number of nitrogens with one attached hydrogen (secondary N) is 1. The molecule has 1 aliphatic carbocycles. The molecule has 0 unspecified atom stereocenters. The largest absolute Gasteiger partial charge is 0.373 e. The highest BCUT2D eigenvalue weighted by Gasteiger charge is 2.27. The predicted octanol–water partition coefficient (Wildman–Crippen LogP) is 1.78. The van der Waals surface area contributed by atoms with Crippen LogP contribution in [-0.2, 0) is 0 Å². The number of hydrogen-bond donors (Lipinski definition) is 1. The third kappa shape index (κ3) is 4.06. The van der Waals surface area contributed by atoms with Crippen molar-refractivity contribution in [2.75, 3.05) is 51.5 Å². The highest BCUT2D eigenvalue weighted by Crippen LogP contribution is 2.39. The molecule has 0 atom stereocenters. The van der Waals surface area contributed by atoms with Crippen LogP contribution in [0.1, 0.15) is 31.0 Å². The van der Waals surface area contributed by atoms with Gasteiger partial charge in [0.1, 0.15) is 17.5 Å². The Morgan fingerprint density at radius 3 is 2.53 bits per heavy atom. The Morgan fingerprint density at radius 2 is 1.95 bits per heavy atom. The summed E-state index contributed by atoms with van der Waals surface area (Å²) in [7, 11) is 8.23. The highest BCUT2D eigenvalue weighted by molar-refractivity contribution is 5.49. The number of hydrogen-bond acceptors (Lipinski definition) is 5. The topological polar surface area (TPSA) is 44.3 Å². The maximum absolute atomic E-state index is 4.70. The molecule has 1 aromatic rings. The summed E-state index contributed by atoms with van der Waals surface area (Å²) in [4.78, 5) is 13.7. The molecule has 0 aliphatic heterocycles. The van der Waals surface area contributed by atoms with Crippen LogP contribution >= 0.6 is 0 Å². The van der Waals surface area contributed by atoms with Gasteiger partial charge in [-0.05, 0) is 39.9 Å². The van der Waals surface area contributed by atoms with Crippen molar-refractivity contribution in [3.05, 3.63) is 11.9 Å². The van der Waals surface area contributed by atoms with Crippen LogP contribution in [0.5, 0.6) is 0 Å². The van der Waals surface area contributed by atoms with Crippen LogP contribution in [0.2, 0.25) is 0 Å². The maximum Gasteiger partial charge on any atom is 0.136 e. The molecule has 1 aromatic heterocycles. The fraction of sp³-hybridized carbons (Fsp3) is 0.714. The molecule has 1 fully saturated rings. The third-order valence-corrected chi connectivity index (χ3v) is 3.42. The second kappa shape index (κ2) is 6.19. The van der Waals surface area contributed by atoms with Crippen LogP contribution in [0.3, 0.4) is 0 Å². The summed E-state index contributed by atoms with van der Waals surface area (Å²) in [5, 5.41) is 3.13. The molecule has 0 amide bonds. The number of anilines is 2. The Hall–Kier alpha value is -1.36. The number of nitrogens with zero attached hydrogens (tertiary/aromatic N) is 4. The minimum Gasteiger partial charge on any atom is -0.373 e. The van der Waals surface area contributed by atoms with Gasteiger partial charge in [0.25, 0.3) is 0 Å². The molecule has 5 nitrogen and oxygen atoms in total. The zero-order valence-corrected chi connectivity index (χ0v) is 12.5. The van der Waals surface area contributed by atoms with Crippen molar-refractivity contribution in [2.24, 2.45) is 0 Å². The van der Waals surface area contributed by atoms with E-state index in [1.165, 1.54) is 12.8 Å². The van der Waals surface area contributed by atoms with Crippen molar-refractivity contribution in [3.63, 3.8) is 0 Å². The fourth-order valence-electron chi connectivity index (χ4n) is 2.04. The minimum absolute atomic E-state index is 0.585. The van der Waals surface area contributed by atoms with Crippen LogP contribution in [0.15, 0.2) is 6.07 Å². The Morgan fingerprint density at radius 1 is 1.21 bits per heavy atom. The lowest BCUT2D eigenvalue weighted by Crippen LogP contribution is -2.24. The van der Waals surface area contributed by atoms with E-state index in [-0.39, 0.29) is 0 Å². The van der Waals surface area contributed by atoms with Crippen LogP contribution in [0.4, 0.5) is 11.6 Å². The van der Waals surface area contributed by atoms with Crippen molar-refractivity contribution >= 4 is 11.6 Å². The average Bonchev–Trinajstić information content (AvgIpc) is 3.21. The lowest BCUT2D eigenvalue weighted by Gasteiger charge is -2.20. The summed E-state index contributed by atoms with van der Waals surface area (Å²) >= 11 is 0. The van der Waals surface area contributed by atoms with E-state index in [0.717, 1.165) is 37.0 Å². The van der Waals surface area contributed by atoms with Gasteiger partial charge in [-0.1, -0.05) is 0 Å². The van der Waals surface area contributed by atoms with E-state index < -0.39 is 0 Å². The molecule has 0 saturated heterocycles. The van der Waals surface area contributed by atoms with Gasteiger partial charge in [0, 0.05) is 32.6 Å². The molecule has 106 valence electrons. The van der Waals surface area contributed by atoms with E-state index in [0.29, 0.717) is 5.92 Å². The second-order valence-corrected chi connectivity index (χ2v) is 5.57. The predicted molar refractivity (Wildman–Crippen MR) is 80.0 cm³/mol. The summed E-state index contributed by atoms with van der Waals surface area (Å²) in [6.45, 7) is 2.12. The van der Waals surface area contributed by atoms with Crippen molar-refractivity contribution in [1.29, 1.82) is 0 Å².